The molecule has 116 valence electrons. The second-order valence-electron chi connectivity index (χ2n) is 7.24. The van der Waals surface area contributed by atoms with E-state index in [-0.39, 0.29) is 17.9 Å². The second kappa shape index (κ2) is 4.82. The number of carbonyl (C=O) groups is 1. The summed E-state index contributed by atoms with van der Waals surface area (Å²) in [4.78, 5) is 17.8. The summed E-state index contributed by atoms with van der Waals surface area (Å²) in [5.41, 5.74) is 2.36. The van der Waals surface area contributed by atoms with Crippen molar-refractivity contribution >= 4 is 5.91 Å². The minimum atomic E-state index is -0.633. The van der Waals surface area contributed by atoms with Gasteiger partial charge in [0, 0.05) is 33.4 Å². The predicted octanol–water partition coefficient (Wildman–Crippen LogP) is 2.66. The normalized spacial score (nSPS) is 45.0. The van der Waals surface area contributed by atoms with Crippen LogP contribution < -0.4 is 0 Å². The molecule has 0 spiro atoms. The molecule has 4 heterocycles. The van der Waals surface area contributed by atoms with E-state index in [1.807, 2.05) is 0 Å². The SMILES string of the molecule is [3H]c1cc2c3c(c1)C([3H])C([3H])C[C@@H]3CN([C@@H]1CN3CCC1CC3)C2=O. The minimum Gasteiger partial charge on any atom is -0.333 e. The van der Waals surface area contributed by atoms with Gasteiger partial charge in [-0.05, 0) is 68.3 Å². The van der Waals surface area contributed by atoms with Crippen molar-refractivity contribution in [1.82, 2.24) is 9.80 Å². The van der Waals surface area contributed by atoms with E-state index in [9.17, 15) is 4.79 Å². The summed E-state index contributed by atoms with van der Waals surface area (Å²) in [7, 11) is 0. The molecule has 1 aliphatic carbocycles. The Morgan fingerprint density at radius 3 is 2.82 bits per heavy atom. The lowest BCUT2D eigenvalue weighted by atomic mass is 9.75. The highest BCUT2D eigenvalue weighted by Gasteiger charge is 2.43. The van der Waals surface area contributed by atoms with Gasteiger partial charge in [-0.3, -0.25) is 4.79 Å². The van der Waals surface area contributed by atoms with Crippen molar-refractivity contribution in [1.29, 1.82) is 0 Å². The predicted molar refractivity (Wildman–Crippen MR) is 86.1 cm³/mol. The summed E-state index contributed by atoms with van der Waals surface area (Å²) in [6.45, 7) is 3.96. The third kappa shape index (κ3) is 1.81. The standard InChI is InChI=1S/C19H24N2O/c22-19-16-6-2-4-14-3-1-5-15(18(14)16)11-21(19)17-12-20-9-7-13(17)8-10-20/h2,4,6,13,15,17H,1,3,5,7-12H2/t15-,17-/m1/s1/i1T,2T,3T/t1?,3?,15-,17-. The third-order valence-electron chi connectivity index (χ3n) is 6.12. The van der Waals surface area contributed by atoms with Gasteiger partial charge in [-0.2, -0.15) is 0 Å². The van der Waals surface area contributed by atoms with Gasteiger partial charge in [0.25, 0.3) is 5.91 Å². The maximum Gasteiger partial charge on any atom is 0.254 e. The van der Waals surface area contributed by atoms with E-state index in [4.69, 9.17) is 4.11 Å². The summed E-state index contributed by atoms with van der Waals surface area (Å²) in [5.74, 6) is 0.798. The number of fused-ring (bicyclic) bond motifs is 3. The molecular weight excluding hydrogens is 272 g/mol. The first-order valence-corrected chi connectivity index (χ1v) is 8.55. The van der Waals surface area contributed by atoms with Crippen LogP contribution >= 0.6 is 0 Å². The number of aryl methyl sites for hydroxylation is 1. The molecule has 3 nitrogen and oxygen atoms in total. The highest BCUT2D eigenvalue weighted by molar-refractivity contribution is 5.97. The first-order chi connectivity index (χ1) is 12.0. The monoisotopic (exact) mass is 302 g/mol. The number of benzene rings is 1. The largest absolute Gasteiger partial charge is 0.333 e. The zero-order chi connectivity index (χ0) is 17.3. The summed E-state index contributed by atoms with van der Waals surface area (Å²) < 4.78 is 24.7. The summed E-state index contributed by atoms with van der Waals surface area (Å²) in [6.07, 6.45) is 1.90. The van der Waals surface area contributed by atoms with E-state index in [1.54, 1.807) is 12.1 Å². The fraction of sp³-hybridized carbons (Fsp3) is 0.632. The first-order valence-electron chi connectivity index (χ1n) is 10.2. The van der Waals surface area contributed by atoms with Gasteiger partial charge in [0.1, 0.15) is 0 Å². The van der Waals surface area contributed by atoms with E-state index in [0.717, 1.165) is 30.8 Å². The highest BCUT2D eigenvalue weighted by atomic mass is 16.2. The van der Waals surface area contributed by atoms with E-state index in [1.165, 1.54) is 12.8 Å². The number of hydrogen-bond donors (Lipinski definition) is 0. The number of carbonyl (C=O) groups excluding carboxylic acids is 1. The molecule has 1 aromatic carbocycles. The lowest BCUT2D eigenvalue weighted by molar-refractivity contribution is 0.00258. The van der Waals surface area contributed by atoms with Crippen molar-refractivity contribution in [2.75, 3.05) is 26.2 Å². The van der Waals surface area contributed by atoms with E-state index in [2.05, 4.69) is 9.80 Å². The van der Waals surface area contributed by atoms with Crippen molar-refractivity contribution in [2.24, 2.45) is 5.92 Å². The third-order valence-corrected chi connectivity index (χ3v) is 6.12. The molecule has 3 saturated heterocycles. The van der Waals surface area contributed by atoms with Gasteiger partial charge in [0.2, 0.25) is 0 Å². The Hall–Kier alpha value is -1.35. The molecule has 6 rings (SSSR count). The smallest absolute Gasteiger partial charge is 0.254 e. The van der Waals surface area contributed by atoms with E-state index >= 15 is 0 Å². The van der Waals surface area contributed by atoms with Crippen molar-refractivity contribution in [2.45, 2.75) is 44.0 Å². The van der Waals surface area contributed by atoms with Crippen molar-refractivity contribution < 1.29 is 8.91 Å². The maximum absolute atomic E-state index is 13.3. The number of hydrogen-bond acceptors (Lipinski definition) is 2. The van der Waals surface area contributed by atoms with Crippen LogP contribution in [0.2, 0.25) is 0 Å². The van der Waals surface area contributed by atoms with Crippen LogP contribution in [0.3, 0.4) is 0 Å². The molecule has 1 aromatic rings. The molecule has 4 atom stereocenters. The van der Waals surface area contributed by atoms with Gasteiger partial charge in [0.05, 0.1) is 1.37 Å². The number of piperidine rings is 3. The van der Waals surface area contributed by atoms with Gasteiger partial charge in [-0.1, -0.05) is 12.1 Å². The zero-order valence-electron chi connectivity index (χ0n) is 15.8. The Bertz CT molecular complexity index is 732. The Morgan fingerprint density at radius 1 is 1.18 bits per heavy atom. The molecule has 5 aliphatic rings. The Kier molecular flexibility index (Phi) is 2.29. The molecule has 2 unspecified atom stereocenters. The molecule has 3 heteroatoms. The summed E-state index contributed by atoms with van der Waals surface area (Å²) in [5, 5.41) is 0. The van der Waals surface area contributed by atoms with Crippen LogP contribution in [0.25, 0.3) is 0 Å². The molecular formula is C19H24N2O. The van der Waals surface area contributed by atoms with Crippen LogP contribution in [0.15, 0.2) is 18.2 Å². The van der Waals surface area contributed by atoms with E-state index < -0.39 is 12.8 Å². The molecule has 3 fully saturated rings. The highest BCUT2D eigenvalue weighted by Crippen LogP contribution is 2.41. The zero-order valence-corrected chi connectivity index (χ0v) is 12.8. The number of nitrogens with zero attached hydrogens (tertiary/aromatic N) is 2. The molecule has 22 heavy (non-hydrogen) atoms. The molecule has 0 N–H and O–H groups in total. The molecule has 1 amide bonds. The number of rotatable bonds is 1. The Morgan fingerprint density at radius 2 is 2.05 bits per heavy atom. The van der Waals surface area contributed by atoms with Crippen molar-refractivity contribution in [3.8, 4) is 0 Å². The molecule has 4 aliphatic heterocycles. The minimum absolute atomic E-state index is 0.0518. The molecule has 2 bridgehead atoms. The lowest BCUT2D eigenvalue weighted by Gasteiger charge is -2.51. The van der Waals surface area contributed by atoms with Gasteiger partial charge in [-0.15, -0.1) is 0 Å². The Balaban J connectivity index is 1.57. The van der Waals surface area contributed by atoms with Gasteiger partial charge >= 0.3 is 0 Å². The summed E-state index contributed by atoms with van der Waals surface area (Å²) in [6, 6.07) is 3.97. The molecule has 0 saturated carbocycles. The van der Waals surface area contributed by atoms with Crippen LogP contribution in [0, 0.1) is 5.92 Å². The van der Waals surface area contributed by atoms with Crippen LogP contribution in [0.5, 0.6) is 0 Å². The topological polar surface area (TPSA) is 23.6 Å². The van der Waals surface area contributed by atoms with E-state index in [0.29, 0.717) is 30.5 Å². The fourth-order valence-corrected chi connectivity index (χ4v) is 4.99. The first kappa shape index (κ1) is 10.4. The Labute approximate surface area is 136 Å². The van der Waals surface area contributed by atoms with Gasteiger partial charge < -0.3 is 9.80 Å². The number of amides is 1. The quantitative estimate of drug-likeness (QED) is 0.796. The fourth-order valence-electron chi connectivity index (χ4n) is 4.99. The van der Waals surface area contributed by atoms with Crippen molar-refractivity contribution in [3.05, 3.63) is 34.9 Å². The average Bonchev–Trinajstić information content (AvgIpc) is 2.62. The second-order valence-corrected chi connectivity index (χ2v) is 7.24. The molecule has 0 aromatic heterocycles. The van der Waals surface area contributed by atoms with Crippen LogP contribution in [-0.2, 0) is 6.40 Å². The van der Waals surface area contributed by atoms with Gasteiger partial charge in [-0.25, -0.2) is 0 Å². The molecule has 0 radical (unpaired) electrons. The van der Waals surface area contributed by atoms with Crippen molar-refractivity contribution in [3.63, 3.8) is 0 Å². The van der Waals surface area contributed by atoms with Crippen LogP contribution in [0.1, 0.15) is 57.2 Å². The maximum atomic E-state index is 13.3. The van der Waals surface area contributed by atoms with Gasteiger partial charge in [0.15, 0.2) is 0 Å². The lowest BCUT2D eigenvalue weighted by Crippen LogP contribution is -2.60. The van der Waals surface area contributed by atoms with Crippen LogP contribution in [0.4, 0.5) is 0 Å². The average molecular weight is 302 g/mol. The van der Waals surface area contributed by atoms with Crippen LogP contribution in [-0.4, -0.2) is 47.9 Å². The summed E-state index contributed by atoms with van der Waals surface area (Å²) >= 11 is 0.